The molecule has 2 fully saturated rings. The molecule has 2 saturated heterocycles. The lowest BCUT2D eigenvalue weighted by Crippen LogP contribution is -2.47. The number of aromatic nitrogens is 2. The first-order chi connectivity index (χ1) is 9.17. The van der Waals surface area contributed by atoms with Crippen LogP contribution < -0.4 is 0 Å². The van der Waals surface area contributed by atoms with Crippen LogP contribution in [0.5, 0.6) is 0 Å². The van der Waals surface area contributed by atoms with Gasteiger partial charge in [-0.05, 0) is 12.8 Å². The molecule has 0 saturated carbocycles. The van der Waals surface area contributed by atoms with Gasteiger partial charge in [-0.15, -0.1) is 0 Å². The summed E-state index contributed by atoms with van der Waals surface area (Å²) in [5.74, 6) is 0.246. The number of likely N-dealkylation sites (tertiary alicyclic amines) is 1. The normalized spacial score (nSPS) is 27.4. The SMILES string of the molecule is O=C1CC[C@]2(CCOC2)CN1CCn1cc(Cl)cn1. The van der Waals surface area contributed by atoms with Gasteiger partial charge in [-0.2, -0.15) is 5.10 Å². The lowest BCUT2D eigenvalue weighted by molar-refractivity contribution is -0.137. The van der Waals surface area contributed by atoms with Crippen molar-refractivity contribution in [1.82, 2.24) is 14.7 Å². The molecular formula is C13H18ClN3O2. The Labute approximate surface area is 117 Å². The van der Waals surface area contributed by atoms with Gasteiger partial charge < -0.3 is 9.64 Å². The van der Waals surface area contributed by atoms with Crippen molar-refractivity contribution in [3.8, 4) is 0 Å². The predicted molar refractivity (Wildman–Crippen MR) is 70.9 cm³/mol. The highest BCUT2D eigenvalue weighted by Crippen LogP contribution is 2.37. The number of piperidine rings is 1. The second-order valence-electron chi connectivity index (χ2n) is 5.54. The average molecular weight is 284 g/mol. The minimum Gasteiger partial charge on any atom is -0.381 e. The third-order valence-electron chi connectivity index (χ3n) is 4.13. The van der Waals surface area contributed by atoms with Crippen molar-refractivity contribution >= 4 is 17.5 Å². The zero-order chi connectivity index (χ0) is 13.3. The smallest absolute Gasteiger partial charge is 0.222 e. The minimum atomic E-state index is 0.204. The zero-order valence-corrected chi connectivity index (χ0v) is 11.6. The molecule has 3 rings (SSSR count). The van der Waals surface area contributed by atoms with Crippen LogP contribution in [-0.4, -0.2) is 46.9 Å². The molecule has 0 N–H and O–H groups in total. The Hall–Kier alpha value is -1.07. The van der Waals surface area contributed by atoms with Crippen LogP contribution in [0.3, 0.4) is 0 Å². The van der Waals surface area contributed by atoms with E-state index in [1.165, 1.54) is 0 Å². The Morgan fingerprint density at radius 2 is 2.32 bits per heavy atom. The second kappa shape index (κ2) is 5.13. The molecule has 0 aliphatic carbocycles. The largest absolute Gasteiger partial charge is 0.381 e. The number of halogens is 1. The molecule has 19 heavy (non-hydrogen) atoms. The van der Waals surface area contributed by atoms with E-state index in [4.69, 9.17) is 16.3 Å². The van der Waals surface area contributed by atoms with Crippen LogP contribution in [0.15, 0.2) is 12.4 Å². The average Bonchev–Trinajstić information content (AvgIpc) is 3.01. The van der Waals surface area contributed by atoms with Gasteiger partial charge in [0.2, 0.25) is 5.91 Å². The van der Waals surface area contributed by atoms with Gasteiger partial charge in [-0.1, -0.05) is 11.6 Å². The fourth-order valence-corrected chi connectivity index (χ4v) is 3.12. The summed E-state index contributed by atoms with van der Waals surface area (Å²) in [4.78, 5) is 13.9. The predicted octanol–water partition coefficient (Wildman–Crippen LogP) is 1.57. The third kappa shape index (κ3) is 2.77. The van der Waals surface area contributed by atoms with Crippen molar-refractivity contribution in [2.45, 2.75) is 25.8 Å². The van der Waals surface area contributed by atoms with Gasteiger partial charge in [0.05, 0.1) is 24.4 Å². The number of amides is 1. The Kier molecular flexibility index (Phi) is 3.50. The zero-order valence-electron chi connectivity index (χ0n) is 10.8. The molecule has 1 aromatic heterocycles. The molecule has 0 unspecified atom stereocenters. The Balaban J connectivity index is 1.60. The van der Waals surface area contributed by atoms with Gasteiger partial charge in [-0.25, -0.2) is 0 Å². The van der Waals surface area contributed by atoms with Crippen LogP contribution in [-0.2, 0) is 16.1 Å². The van der Waals surface area contributed by atoms with Crippen LogP contribution in [0.4, 0.5) is 0 Å². The summed E-state index contributed by atoms with van der Waals surface area (Å²) in [6.07, 6.45) is 6.08. The molecule has 0 radical (unpaired) electrons. The van der Waals surface area contributed by atoms with Gasteiger partial charge in [-0.3, -0.25) is 9.48 Å². The van der Waals surface area contributed by atoms with Gasteiger partial charge in [0, 0.05) is 37.7 Å². The lowest BCUT2D eigenvalue weighted by Gasteiger charge is -2.39. The topological polar surface area (TPSA) is 47.4 Å². The van der Waals surface area contributed by atoms with E-state index in [1.54, 1.807) is 17.1 Å². The Morgan fingerprint density at radius 3 is 3.00 bits per heavy atom. The summed E-state index contributed by atoms with van der Waals surface area (Å²) >= 11 is 5.83. The summed E-state index contributed by atoms with van der Waals surface area (Å²) < 4.78 is 7.29. The highest BCUT2D eigenvalue weighted by atomic mass is 35.5. The second-order valence-corrected chi connectivity index (χ2v) is 5.98. The fraction of sp³-hybridized carbons (Fsp3) is 0.692. The van der Waals surface area contributed by atoms with E-state index < -0.39 is 0 Å². The first-order valence-electron chi connectivity index (χ1n) is 6.70. The summed E-state index contributed by atoms with van der Waals surface area (Å²) in [6.45, 7) is 3.83. The molecule has 1 atom stereocenters. The molecule has 0 bridgehead atoms. The molecule has 6 heteroatoms. The molecule has 2 aliphatic rings. The van der Waals surface area contributed by atoms with Crippen molar-refractivity contribution in [3.05, 3.63) is 17.4 Å². The first kappa shape index (κ1) is 12.9. The van der Waals surface area contributed by atoms with E-state index in [2.05, 4.69) is 5.10 Å². The molecule has 1 aromatic rings. The quantitative estimate of drug-likeness (QED) is 0.846. The van der Waals surface area contributed by atoms with E-state index in [9.17, 15) is 4.79 Å². The fourth-order valence-electron chi connectivity index (χ4n) is 2.96. The van der Waals surface area contributed by atoms with Crippen LogP contribution in [0.2, 0.25) is 5.02 Å². The molecule has 0 aromatic carbocycles. The molecule has 3 heterocycles. The maximum Gasteiger partial charge on any atom is 0.222 e. The number of hydrogen-bond donors (Lipinski definition) is 0. The highest BCUT2D eigenvalue weighted by molar-refractivity contribution is 6.30. The molecule has 1 spiro atoms. The van der Waals surface area contributed by atoms with Crippen molar-refractivity contribution in [2.75, 3.05) is 26.3 Å². The molecule has 5 nitrogen and oxygen atoms in total. The molecular weight excluding hydrogens is 266 g/mol. The molecule has 1 amide bonds. The summed E-state index contributed by atoms with van der Waals surface area (Å²) in [5.41, 5.74) is 0.204. The van der Waals surface area contributed by atoms with Crippen LogP contribution >= 0.6 is 11.6 Å². The van der Waals surface area contributed by atoms with Gasteiger partial charge in [0.15, 0.2) is 0 Å². The van der Waals surface area contributed by atoms with Crippen molar-refractivity contribution < 1.29 is 9.53 Å². The summed E-state index contributed by atoms with van der Waals surface area (Å²) in [5, 5.41) is 4.77. The van der Waals surface area contributed by atoms with Gasteiger partial charge in [0.1, 0.15) is 0 Å². The molecule has 104 valence electrons. The van der Waals surface area contributed by atoms with E-state index in [0.29, 0.717) is 24.5 Å². The van der Waals surface area contributed by atoms with Crippen molar-refractivity contribution in [2.24, 2.45) is 5.41 Å². The molecule has 2 aliphatic heterocycles. The monoisotopic (exact) mass is 283 g/mol. The maximum absolute atomic E-state index is 12.0. The standard InChI is InChI=1S/C13H18ClN3O2/c14-11-7-15-17(8-11)5-4-16-9-13(2-1-12(16)18)3-6-19-10-13/h7-8H,1-6,9-10H2/t13-/m0/s1. The van der Waals surface area contributed by atoms with E-state index in [0.717, 1.165) is 32.6 Å². The third-order valence-corrected chi connectivity index (χ3v) is 4.33. The van der Waals surface area contributed by atoms with Crippen LogP contribution in [0.1, 0.15) is 19.3 Å². The maximum atomic E-state index is 12.0. The van der Waals surface area contributed by atoms with Crippen molar-refractivity contribution in [3.63, 3.8) is 0 Å². The lowest BCUT2D eigenvalue weighted by atomic mass is 9.79. The number of nitrogens with zero attached hydrogens (tertiary/aromatic N) is 3. The first-order valence-corrected chi connectivity index (χ1v) is 7.08. The van der Waals surface area contributed by atoms with E-state index in [-0.39, 0.29) is 11.3 Å². The van der Waals surface area contributed by atoms with Gasteiger partial charge >= 0.3 is 0 Å². The van der Waals surface area contributed by atoms with Gasteiger partial charge in [0.25, 0.3) is 0 Å². The number of carbonyl (C=O) groups is 1. The Morgan fingerprint density at radius 1 is 1.42 bits per heavy atom. The number of carbonyl (C=O) groups excluding carboxylic acids is 1. The Bertz CT molecular complexity index is 468. The minimum absolute atomic E-state index is 0.204. The highest BCUT2D eigenvalue weighted by Gasteiger charge is 2.41. The number of rotatable bonds is 3. The van der Waals surface area contributed by atoms with E-state index in [1.807, 2.05) is 4.90 Å². The number of ether oxygens (including phenoxy) is 1. The summed E-state index contributed by atoms with van der Waals surface area (Å²) in [7, 11) is 0. The van der Waals surface area contributed by atoms with Crippen LogP contribution in [0, 0.1) is 5.41 Å². The summed E-state index contributed by atoms with van der Waals surface area (Å²) in [6, 6.07) is 0. The number of hydrogen-bond acceptors (Lipinski definition) is 3. The van der Waals surface area contributed by atoms with Crippen molar-refractivity contribution in [1.29, 1.82) is 0 Å². The van der Waals surface area contributed by atoms with Crippen LogP contribution in [0.25, 0.3) is 0 Å². The van der Waals surface area contributed by atoms with E-state index >= 15 is 0 Å².